The second-order valence-electron chi connectivity index (χ2n) is 8.19. The molecule has 0 saturated carbocycles. The number of nitrogens with zero attached hydrogens (tertiary/aromatic N) is 6. The highest BCUT2D eigenvalue weighted by Gasteiger charge is 2.26. The number of aromatic nitrogens is 4. The van der Waals surface area contributed by atoms with Gasteiger partial charge in [-0.2, -0.15) is 0 Å². The maximum absolute atomic E-state index is 4.64. The Kier molecular flexibility index (Phi) is 5.83. The molecule has 6 nitrogen and oxygen atoms in total. The second-order valence-corrected chi connectivity index (χ2v) is 8.19. The van der Waals surface area contributed by atoms with Gasteiger partial charge < -0.3 is 4.57 Å². The first kappa shape index (κ1) is 18.6. The summed E-state index contributed by atoms with van der Waals surface area (Å²) in [5.74, 6) is 2.83. The van der Waals surface area contributed by atoms with Gasteiger partial charge in [0.1, 0.15) is 11.6 Å². The highest BCUT2D eigenvalue weighted by molar-refractivity contribution is 5.10. The maximum atomic E-state index is 4.64. The molecular formula is C21H32N6. The van der Waals surface area contributed by atoms with Crippen molar-refractivity contribution in [1.82, 2.24) is 29.5 Å². The van der Waals surface area contributed by atoms with Crippen LogP contribution in [0.1, 0.15) is 61.1 Å². The van der Waals surface area contributed by atoms with E-state index in [1.54, 1.807) is 0 Å². The van der Waals surface area contributed by atoms with Crippen molar-refractivity contribution in [3.05, 3.63) is 41.2 Å². The van der Waals surface area contributed by atoms with E-state index in [0.29, 0.717) is 5.92 Å². The van der Waals surface area contributed by atoms with Gasteiger partial charge in [-0.3, -0.25) is 14.8 Å². The molecule has 2 fully saturated rings. The van der Waals surface area contributed by atoms with Gasteiger partial charge >= 0.3 is 0 Å². The van der Waals surface area contributed by atoms with E-state index in [2.05, 4.69) is 61.7 Å². The molecule has 0 aromatic carbocycles. The van der Waals surface area contributed by atoms with E-state index in [9.17, 15) is 0 Å². The molecule has 0 bridgehead atoms. The van der Waals surface area contributed by atoms with Gasteiger partial charge in [-0.15, -0.1) is 10.2 Å². The highest BCUT2D eigenvalue weighted by Crippen LogP contribution is 2.27. The molecule has 0 radical (unpaired) electrons. The zero-order chi connectivity index (χ0) is 18.6. The first-order valence-electron chi connectivity index (χ1n) is 10.4. The third kappa shape index (κ3) is 4.55. The molecule has 2 saturated heterocycles. The molecule has 2 aromatic heterocycles. The van der Waals surface area contributed by atoms with E-state index in [1.165, 1.54) is 43.9 Å². The summed E-state index contributed by atoms with van der Waals surface area (Å²) < 4.78 is 2.26. The monoisotopic (exact) mass is 368 g/mol. The van der Waals surface area contributed by atoms with Gasteiger partial charge in [0.2, 0.25) is 0 Å². The summed E-state index contributed by atoms with van der Waals surface area (Å²) in [7, 11) is 2.15. The summed E-state index contributed by atoms with van der Waals surface area (Å²) in [6.45, 7) is 8.57. The van der Waals surface area contributed by atoms with Gasteiger partial charge in [0.15, 0.2) is 0 Å². The Balaban J connectivity index is 1.33. The molecule has 0 unspecified atom stereocenters. The molecular weight excluding hydrogens is 336 g/mol. The quantitative estimate of drug-likeness (QED) is 0.812. The minimum absolute atomic E-state index is 0.527. The Morgan fingerprint density at radius 1 is 0.926 bits per heavy atom. The van der Waals surface area contributed by atoms with Crippen LogP contribution in [0.15, 0.2) is 18.2 Å². The van der Waals surface area contributed by atoms with Crippen molar-refractivity contribution in [2.24, 2.45) is 7.05 Å². The Hall–Kier alpha value is -1.79. The highest BCUT2D eigenvalue weighted by atomic mass is 15.3. The Morgan fingerprint density at radius 3 is 2.41 bits per heavy atom. The topological polar surface area (TPSA) is 50.1 Å². The van der Waals surface area contributed by atoms with Crippen LogP contribution < -0.4 is 0 Å². The van der Waals surface area contributed by atoms with Gasteiger partial charge in [0.05, 0.1) is 12.2 Å². The van der Waals surface area contributed by atoms with Crippen molar-refractivity contribution < 1.29 is 0 Å². The molecule has 0 spiro atoms. The SMILES string of the molecule is Cc1cccc(CN2CCC(c3nnc(CN4CCCCC4)n3C)CC2)n1. The molecule has 4 heterocycles. The number of hydrogen-bond acceptors (Lipinski definition) is 5. The molecule has 0 amide bonds. The fourth-order valence-electron chi connectivity index (χ4n) is 4.45. The van der Waals surface area contributed by atoms with Crippen LogP contribution in [-0.2, 0) is 20.1 Å². The zero-order valence-electron chi connectivity index (χ0n) is 16.8. The Labute approximate surface area is 162 Å². The summed E-state index contributed by atoms with van der Waals surface area (Å²) in [5, 5.41) is 9.11. The minimum Gasteiger partial charge on any atom is -0.317 e. The average molecular weight is 369 g/mol. The molecule has 0 aliphatic carbocycles. The molecule has 4 rings (SSSR count). The number of piperidine rings is 2. The summed E-state index contributed by atoms with van der Waals surface area (Å²) in [4.78, 5) is 9.68. The fourth-order valence-corrected chi connectivity index (χ4v) is 4.45. The van der Waals surface area contributed by atoms with Crippen molar-refractivity contribution in [2.75, 3.05) is 26.2 Å². The third-order valence-electron chi connectivity index (χ3n) is 6.10. The van der Waals surface area contributed by atoms with Crippen LogP contribution >= 0.6 is 0 Å². The predicted molar refractivity (Wildman–Crippen MR) is 106 cm³/mol. The summed E-state index contributed by atoms with van der Waals surface area (Å²) in [5.41, 5.74) is 2.28. The van der Waals surface area contributed by atoms with E-state index in [1.807, 2.05) is 0 Å². The number of rotatable bonds is 5. The lowest BCUT2D eigenvalue weighted by Crippen LogP contribution is -2.33. The van der Waals surface area contributed by atoms with Crippen LogP contribution in [0.3, 0.4) is 0 Å². The van der Waals surface area contributed by atoms with Gasteiger partial charge in [0.25, 0.3) is 0 Å². The van der Waals surface area contributed by atoms with Crippen LogP contribution in [0.4, 0.5) is 0 Å². The van der Waals surface area contributed by atoms with E-state index >= 15 is 0 Å². The van der Waals surface area contributed by atoms with Crippen LogP contribution in [0.25, 0.3) is 0 Å². The molecule has 146 valence electrons. The first-order chi connectivity index (χ1) is 13.2. The Morgan fingerprint density at radius 2 is 1.67 bits per heavy atom. The zero-order valence-corrected chi connectivity index (χ0v) is 16.8. The van der Waals surface area contributed by atoms with E-state index in [4.69, 9.17) is 0 Å². The fraction of sp³-hybridized carbons (Fsp3) is 0.667. The molecule has 27 heavy (non-hydrogen) atoms. The van der Waals surface area contributed by atoms with E-state index in [-0.39, 0.29) is 0 Å². The molecule has 2 aliphatic heterocycles. The lowest BCUT2D eigenvalue weighted by atomic mass is 9.96. The summed E-state index contributed by atoms with van der Waals surface area (Å²) in [6.07, 6.45) is 6.32. The first-order valence-corrected chi connectivity index (χ1v) is 10.4. The largest absolute Gasteiger partial charge is 0.317 e. The van der Waals surface area contributed by atoms with Crippen molar-refractivity contribution in [2.45, 2.75) is 58.0 Å². The number of pyridine rings is 1. The molecule has 0 N–H and O–H groups in total. The van der Waals surface area contributed by atoms with Crippen LogP contribution in [0.2, 0.25) is 0 Å². The van der Waals surface area contributed by atoms with Crippen molar-refractivity contribution in [3.63, 3.8) is 0 Å². The van der Waals surface area contributed by atoms with Crippen LogP contribution in [0.5, 0.6) is 0 Å². The molecule has 0 atom stereocenters. The maximum Gasteiger partial charge on any atom is 0.146 e. The van der Waals surface area contributed by atoms with Crippen molar-refractivity contribution >= 4 is 0 Å². The van der Waals surface area contributed by atoms with Crippen LogP contribution in [0, 0.1) is 6.92 Å². The van der Waals surface area contributed by atoms with Gasteiger partial charge in [-0.25, -0.2) is 0 Å². The van der Waals surface area contributed by atoms with Crippen molar-refractivity contribution in [1.29, 1.82) is 0 Å². The van der Waals surface area contributed by atoms with E-state index < -0.39 is 0 Å². The van der Waals surface area contributed by atoms with Gasteiger partial charge in [-0.05, 0) is 70.9 Å². The van der Waals surface area contributed by atoms with Crippen LogP contribution in [-0.4, -0.2) is 55.7 Å². The standard InChI is InChI=1S/C21H32N6/c1-17-7-6-8-19(22-17)15-27-13-9-18(10-14-27)21-24-23-20(25(21)2)16-26-11-4-3-5-12-26/h6-8,18H,3-5,9-16H2,1-2H3. The predicted octanol–water partition coefficient (Wildman–Crippen LogP) is 2.88. The number of hydrogen-bond donors (Lipinski definition) is 0. The molecule has 2 aromatic rings. The summed E-state index contributed by atoms with van der Waals surface area (Å²) in [6, 6.07) is 6.30. The number of likely N-dealkylation sites (tertiary alicyclic amines) is 2. The lowest BCUT2D eigenvalue weighted by Gasteiger charge is -2.31. The van der Waals surface area contributed by atoms with Gasteiger partial charge in [0, 0.05) is 25.2 Å². The van der Waals surface area contributed by atoms with Gasteiger partial charge in [-0.1, -0.05) is 12.5 Å². The average Bonchev–Trinajstić information content (AvgIpc) is 3.04. The van der Waals surface area contributed by atoms with Crippen molar-refractivity contribution in [3.8, 4) is 0 Å². The molecule has 6 heteroatoms. The minimum atomic E-state index is 0.527. The third-order valence-corrected chi connectivity index (χ3v) is 6.10. The summed E-state index contributed by atoms with van der Waals surface area (Å²) >= 11 is 0. The smallest absolute Gasteiger partial charge is 0.146 e. The van der Waals surface area contributed by atoms with E-state index in [0.717, 1.165) is 50.5 Å². The normalized spacial score (nSPS) is 20.2. The number of aryl methyl sites for hydroxylation is 1. The lowest BCUT2D eigenvalue weighted by molar-refractivity contribution is 0.197. The Bertz CT molecular complexity index is 741. The second kappa shape index (κ2) is 8.48. The molecule has 2 aliphatic rings.